The number of hydrogen-bond donors (Lipinski definition) is 1. The van der Waals surface area contributed by atoms with E-state index in [0.29, 0.717) is 28.3 Å². The molecule has 138 valence electrons. The van der Waals surface area contributed by atoms with Crippen LogP contribution in [0.4, 0.5) is 5.00 Å². The Morgan fingerprint density at radius 3 is 2.31 bits per heavy atom. The average molecular weight is 414 g/mol. The number of rotatable bonds is 5. The molecule has 1 amide bonds. The Kier molecular flexibility index (Phi) is 4.94. The van der Waals surface area contributed by atoms with E-state index in [4.69, 9.17) is 32.7 Å². The number of esters is 1. The third kappa shape index (κ3) is 3.17. The van der Waals surface area contributed by atoms with Gasteiger partial charge in [0.05, 0.1) is 19.6 Å². The molecule has 0 radical (unpaired) electrons. The summed E-state index contributed by atoms with van der Waals surface area (Å²) in [5.41, 5.74) is 0.900. The molecule has 1 heterocycles. The molecule has 2 aromatic rings. The second kappa shape index (κ2) is 6.76. The van der Waals surface area contributed by atoms with Crippen molar-refractivity contribution in [2.45, 2.75) is 17.7 Å². The van der Waals surface area contributed by atoms with Gasteiger partial charge in [-0.15, -0.1) is 34.5 Å². The number of amides is 1. The maximum Gasteiger partial charge on any atom is 0.341 e. The monoisotopic (exact) mass is 413 g/mol. The third-order valence-corrected chi connectivity index (χ3v) is 6.56. The van der Waals surface area contributed by atoms with Gasteiger partial charge in [0.15, 0.2) is 0 Å². The molecule has 1 aliphatic carbocycles. The van der Waals surface area contributed by atoms with Crippen molar-refractivity contribution in [2.24, 2.45) is 5.41 Å². The lowest BCUT2D eigenvalue weighted by molar-refractivity contribution is -0.120. The van der Waals surface area contributed by atoms with Crippen LogP contribution >= 0.6 is 34.5 Å². The number of carbonyl (C=O) groups excluding carboxylic acids is 2. The van der Waals surface area contributed by atoms with Gasteiger partial charge >= 0.3 is 5.97 Å². The van der Waals surface area contributed by atoms with Crippen LogP contribution < -0.4 is 10.1 Å². The highest BCUT2D eigenvalue weighted by Gasteiger charge is 2.68. The molecule has 5 nitrogen and oxygen atoms in total. The van der Waals surface area contributed by atoms with Crippen molar-refractivity contribution in [3.05, 3.63) is 35.2 Å². The summed E-state index contributed by atoms with van der Waals surface area (Å²) in [5.74, 6) is -0.147. The van der Waals surface area contributed by atoms with Crippen LogP contribution in [0.25, 0.3) is 11.1 Å². The number of anilines is 1. The number of carbonyl (C=O) groups is 2. The summed E-state index contributed by atoms with van der Waals surface area (Å²) >= 11 is 13.4. The Bertz CT molecular complexity index is 863. The fourth-order valence-corrected chi connectivity index (χ4v) is 4.28. The Morgan fingerprint density at radius 2 is 1.81 bits per heavy atom. The molecule has 1 fully saturated rings. The maximum absolute atomic E-state index is 12.6. The van der Waals surface area contributed by atoms with E-state index in [1.165, 1.54) is 18.4 Å². The van der Waals surface area contributed by atoms with Crippen molar-refractivity contribution in [3.8, 4) is 16.9 Å². The summed E-state index contributed by atoms with van der Waals surface area (Å²) in [5, 5.41) is 4.99. The van der Waals surface area contributed by atoms with Gasteiger partial charge in [0.1, 0.15) is 20.6 Å². The SMILES string of the molecule is COC(=O)c1c(-c2ccc(OC)cc2)csc1NC(=O)[C@]1(C)CC1(Cl)Cl. The number of nitrogens with one attached hydrogen (secondary N) is 1. The van der Waals surface area contributed by atoms with Crippen molar-refractivity contribution < 1.29 is 19.1 Å². The number of halogens is 2. The lowest BCUT2D eigenvalue weighted by atomic mass is 10.0. The molecule has 1 N–H and O–H groups in total. The minimum atomic E-state index is -1.08. The molecule has 3 rings (SSSR count). The number of benzene rings is 1. The number of methoxy groups -OCH3 is 2. The van der Waals surface area contributed by atoms with E-state index >= 15 is 0 Å². The first-order valence-electron chi connectivity index (χ1n) is 7.77. The van der Waals surface area contributed by atoms with Crippen LogP contribution in [0, 0.1) is 5.41 Å². The molecule has 0 saturated heterocycles. The van der Waals surface area contributed by atoms with Gasteiger partial charge in [0.25, 0.3) is 0 Å². The first kappa shape index (κ1) is 19.0. The second-order valence-corrected chi connectivity index (χ2v) is 8.60. The van der Waals surface area contributed by atoms with Crippen LogP contribution in [0.1, 0.15) is 23.7 Å². The lowest BCUT2D eigenvalue weighted by Gasteiger charge is -2.13. The zero-order chi connectivity index (χ0) is 19.1. The molecule has 1 atom stereocenters. The van der Waals surface area contributed by atoms with Crippen LogP contribution in [0.5, 0.6) is 5.75 Å². The molecule has 0 bridgehead atoms. The summed E-state index contributed by atoms with van der Waals surface area (Å²) in [6.07, 6.45) is 0.360. The molecule has 1 aromatic heterocycles. The maximum atomic E-state index is 12.6. The topological polar surface area (TPSA) is 64.6 Å². The van der Waals surface area contributed by atoms with Gasteiger partial charge in [-0.2, -0.15) is 0 Å². The summed E-state index contributed by atoms with van der Waals surface area (Å²) < 4.78 is 8.98. The zero-order valence-corrected chi connectivity index (χ0v) is 16.7. The van der Waals surface area contributed by atoms with Crippen LogP contribution in [0.2, 0.25) is 0 Å². The predicted octanol–water partition coefficient (Wildman–Crippen LogP) is 4.73. The highest BCUT2D eigenvalue weighted by Crippen LogP contribution is 2.64. The van der Waals surface area contributed by atoms with E-state index < -0.39 is 15.7 Å². The largest absolute Gasteiger partial charge is 0.497 e. The summed E-state index contributed by atoms with van der Waals surface area (Å²) in [4.78, 5) is 24.9. The van der Waals surface area contributed by atoms with E-state index in [2.05, 4.69) is 5.32 Å². The molecule has 0 unspecified atom stereocenters. The standard InChI is InChI=1S/C18H17Cl2NO4S/c1-17(9-18(17,19)20)16(23)21-14-13(15(22)25-3)12(8-26-14)10-4-6-11(24-2)7-5-10/h4-8H,9H2,1-3H3,(H,21,23)/t17-/m0/s1. The quantitative estimate of drug-likeness (QED) is 0.568. The van der Waals surface area contributed by atoms with Crippen molar-refractivity contribution >= 4 is 51.4 Å². The van der Waals surface area contributed by atoms with Gasteiger partial charge in [0, 0.05) is 10.9 Å². The van der Waals surface area contributed by atoms with E-state index in [0.717, 1.165) is 5.56 Å². The van der Waals surface area contributed by atoms with Gasteiger partial charge in [-0.1, -0.05) is 12.1 Å². The van der Waals surface area contributed by atoms with Crippen LogP contribution in [0.15, 0.2) is 29.6 Å². The van der Waals surface area contributed by atoms with E-state index in [-0.39, 0.29) is 5.91 Å². The molecule has 8 heteroatoms. The normalized spacial score (nSPS) is 20.3. The van der Waals surface area contributed by atoms with Gasteiger partial charge in [0.2, 0.25) is 5.91 Å². The Morgan fingerprint density at radius 1 is 1.19 bits per heavy atom. The van der Waals surface area contributed by atoms with Crippen molar-refractivity contribution in [1.29, 1.82) is 0 Å². The highest BCUT2D eigenvalue weighted by molar-refractivity contribution is 7.15. The number of hydrogen-bond acceptors (Lipinski definition) is 5. The summed E-state index contributed by atoms with van der Waals surface area (Å²) in [7, 11) is 2.88. The Balaban J connectivity index is 1.95. The smallest absolute Gasteiger partial charge is 0.341 e. The summed E-state index contributed by atoms with van der Waals surface area (Å²) in [6, 6.07) is 7.27. The molecular formula is C18H17Cl2NO4S. The number of alkyl halides is 2. The van der Waals surface area contributed by atoms with Crippen LogP contribution in [0.3, 0.4) is 0 Å². The van der Waals surface area contributed by atoms with Gasteiger partial charge < -0.3 is 14.8 Å². The van der Waals surface area contributed by atoms with Gasteiger partial charge in [-0.05, 0) is 31.0 Å². The molecule has 26 heavy (non-hydrogen) atoms. The van der Waals surface area contributed by atoms with Gasteiger partial charge in [-0.3, -0.25) is 4.79 Å². The number of thiophene rings is 1. The fraction of sp³-hybridized carbons (Fsp3) is 0.333. The molecule has 0 aliphatic heterocycles. The molecule has 0 spiro atoms. The Hall–Kier alpha value is -1.76. The predicted molar refractivity (Wildman–Crippen MR) is 103 cm³/mol. The van der Waals surface area contributed by atoms with Crippen molar-refractivity contribution in [2.75, 3.05) is 19.5 Å². The second-order valence-electron chi connectivity index (χ2n) is 6.24. The minimum Gasteiger partial charge on any atom is -0.497 e. The third-order valence-electron chi connectivity index (χ3n) is 4.57. The zero-order valence-electron chi connectivity index (χ0n) is 14.4. The van der Waals surface area contributed by atoms with Crippen LogP contribution in [-0.4, -0.2) is 30.4 Å². The van der Waals surface area contributed by atoms with E-state index in [1.807, 2.05) is 12.1 Å². The molecular weight excluding hydrogens is 397 g/mol. The molecule has 1 saturated carbocycles. The molecule has 1 aromatic carbocycles. The first-order valence-corrected chi connectivity index (χ1v) is 9.40. The average Bonchev–Trinajstić information content (AvgIpc) is 2.95. The first-order chi connectivity index (χ1) is 12.2. The van der Waals surface area contributed by atoms with E-state index in [1.54, 1.807) is 31.5 Å². The van der Waals surface area contributed by atoms with Gasteiger partial charge in [-0.25, -0.2) is 4.79 Å². The Labute approximate surface area is 165 Å². The number of ether oxygens (including phenoxy) is 2. The van der Waals surface area contributed by atoms with Crippen molar-refractivity contribution in [1.82, 2.24) is 0 Å². The lowest BCUT2D eigenvalue weighted by Crippen LogP contribution is -2.26. The van der Waals surface area contributed by atoms with Crippen molar-refractivity contribution in [3.63, 3.8) is 0 Å². The minimum absolute atomic E-state index is 0.301. The highest BCUT2D eigenvalue weighted by atomic mass is 35.5. The fourth-order valence-electron chi connectivity index (χ4n) is 2.62. The van der Waals surface area contributed by atoms with E-state index in [9.17, 15) is 9.59 Å². The van der Waals surface area contributed by atoms with Crippen LogP contribution in [-0.2, 0) is 9.53 Å². The summed E-state index contributed by atoms with van der Waals surface area (Å²) in [6.45, 7) is 1.69. The molecule has 1 aliphatic rings.